The highest BCUT2D eigenvalue weighted by atomic mass is 19.1. The zero-order valence-electron chi connectivity index (χ0n) is 11.4. The Morgan fingerprint density at radius 2 is 1.00 bits per heavy atom. The van der Waals surface area contributed by atoms with Crippen LogP contribution in [0, 0.1) is 11.6 Å². The van der Waals surface area contributed by atoms with Crippen molar-refractivity contribution >= 4 is 11.9 Å². The zero-order chi connectivity index (χ0) is 15.9. The van der Waals surface area contributed by atoms with Gasteiger partial charge in [0, 0.05) is 0 Å². The molecule has 4 nitrogen and oxygen atoms in total. The van der Waals surface area contributed by atoms with Crippen LogP contribution in [-0.4, -0.2) is 11.9 Å². The van der Waals surface area contributed by atoms with E-state index in [0.29, 0.717) is 0 Å². The van der Waals surface area contributed by atoms with Gasteiger partial charge in [-0.15, -0.1) is 0 Å². The Balaban J connectivity index is 1.76. The maximum Gasteiger partial charge on any atom is 0.311 e. The van der Waals surface area contributed by atoms with E-state index < -0.39 is 23.6 Å². The number of hydrogen-bond acceptors (Lipinski definition) is 4. The van der Waals surface area contributed by atoms with Crippen LogP contribution < -0.4 is 9.47 Å². The molecule has 22 heavy (non-hydrogen) atoms. The SMILES string of the molecule is O=C(CCC(=O)Oc1ccc(F)cc1)Oc1ccc(F)cc1. The van der Waals surface area contributed by atoms with E-state index in [2.05, 4.69) is 0 Å². The van der Waals surface area contributed by atoms with Gasteiger partial charge in [-0.2, -0.15) is 0 Å². The Kier molecular flexibility index (Phi) is 5.19. The molecule has 0 fully saturated rings. The molecule has 2 aromatic rings. The fourth-order valence-corrected chi connectivity index (χ4v) is 1.57. The Labute approximate surface area is 125 Å². The number of carbonyl (C=O) groups excluding carboxylic acids is 2. The van der Waals surface area contributed by atoms with Gasteiger partial charge in [-0.05, 0) is 48.5 Å². The standard InChI is InChI=1S/C16H12F2O4/c17-11-1-5-13(6-2-11)21-15(19)9-10-16(20)22-14-7-3-12(18)4-8-14/h1-8H,9-10H2. The number of halogens is 2. The monoisotopic (exact) mass is 306 g/mol. The van der Waals surface area contributed by atoms with E-state index in [0.717, 1.165) is 24.3 Å². The summed E-state index contributed by atoms with van der Waals surface area (Å²) in [4.78, 5) is 23.1. The molecule has 0 aliphatic rings. The van der Waals surface area contributed by atoms with E-state index in [9.17, 15) is 18.4 Å². The second-order valence-electron chi connectivity index (χ2n) is 4.36. The third-order valence-corrected chi connectivity index (χ3v) is 2.62. The number of benzene rings is 2. The largest absolute Gasteiger partial charge is 0.427 e. The van der Waals surface area contributed by atoms with Crippen molar-refractivity contribution in [2.45, 2.75) is 12.8 Å². The van der Waals surface area contributed by atoms with Crippen LogP contribution in [0.15, 0.2) is 48.5 Å². The third kappa shape index (κ3) is 4.97. The first-order valence-corrected chi connectivity index (χ1v) is 6.45. The van der Waals surface area contributed by atoms with Crippen LogP contribution in [0.1, 0.15) is 12.8 Å². The van der Waals surface area contributed by atoms with Crippen LogP contribution in [0.25, 0.3) is 0 Å². The van der Waals surface area contributed by atoms with Crippen LogP contribution in [0.3, 0.4) is 0 Å². The van der Waals surface area contributed by atoms with Gasteiger partial charge in [0.1, 0.15) is 23.1 Å². The maximum atomic E-state index is 12.7. The van der Waals surface area contributed by atoms with Crippen molar-refractivity contribution in [1.29, 1.82) is 0 Å². The van der Waals surface area contributed by atoms with Crippen molar-refractivity contribution in [3.8, 4) is 11.5 Å². The fourth-order valence-electron chi connectivity index (χ4n) is 1.57. The predicted octanol–water partition coefficient (Wildman–Crippen LogP) is 3.26. The lowest BCUT2D eigenvalue weighted by Gasteiger charge is -2.05. The molecule has 6 heteroatoms. The highest BCUT2D eigenvalue weighted by Crippen LogP contribution is 2.14. The van der Waals surface area contributed by atoms with Gasteiger partial charge >= 0.3 is 11.9 Å². The van der Waals surface area contributed by atoms with Crippen molar-refractivity contribution in [3.63, 3.8) is 0 Å². The molecule has 0 aliphatic heterocycles. The summed E-state index contributed by atoms with van der Waals surface area (Å²) in [6, 6.07) is 9.87. The molecule has 0 spiro atoms. The van der Waals surface area contributed by atoms with E-state index >= 15 is 0 Å². The van der Waals surface area contributed by atoms with Gasteiger partial charge in [-0.3, -0.25) is 9.59 Å². The molecule has 0 unspecified atom stereocenters. The molecule has 2 aromatic carbocycles. The Morgan fingerprint density at radius 3 is 1.32 bits per heavy atom. The topological polar surface area (TPSA) is 52.6 Å². The van der Waals surface area contributed by atoms with Gasteiger partial charge in [0.25, 0.3) is 0 Å². The summed E-state index contributed by atoms with van der Waals surface area (Å²) in [5, 5.41) is 0. The molecule has 0 aromatic heterocycles. The average Bonchev–Trinajstić information content (AvgIpc) is 2.50. The van der Waals surface area contributed by atoms with Gasteiger partial charge in [0.05, 0.1) is 12.8 Å². The molecule has 2 rings (SSSR count). The van der Waals surface area contributed by atoms with Crippen LogP contribution in [0.5, 0.6) is 11.5 Å². The molecule has 0 saturated heterocycles. The number of rotatable bonds is 5. The first kappa shape index (κ1) is 15.6. The molecular weight excluding hydrogens is 294 g/mol. The molecule has 0 atom stereocenters. The van der Waals surface area contributed by atoms with Crippen LogP contribution >= 0.6 is 0 Å². The summed E-state index contributed by atoms with van der Waals surface area (Å²) in [6.45, 7) is 0. The van der Waals surface area contributed by atoms with Crippen LogP contribution in [-0.2, 0) is 9.59 Å². The minimum absolute atomic E-state index is 0.183. The highest BCUT2D eigenvalue weighted by Gasteiger charge is 2.11. The van der Waals surface area contributed by atoms with Gasteiger partial charge in [0.15, 0.2) is 0 Å². The first-order chi connectivity index (χ1) is 10.5. The summed E-state index contributed by atoms with van der Waals surface area (Å²) in [5.41, 5.74) is 0. The predicted molar refractivity (Wildman–Crippen MR) is 73.3 cm³/mol. The minimum Gasteiger partial charge on any atom is -0.427 e. The molecule has 0 radical (unpaired) electrons. The van der Waals surface area contributed by atoms with Gasteiger partial charge in [-0.25, -0.2) is 8.78 Å². The van der Waals surface area contributed by atoms with Crippen molar-refractivity contribution in [2.24, 2.45) is 0 Å². The second kappa shape index (κ2) is 7.31. The lowest BCUT2D eigenvalue weighted by atomic mass is 10.3. The Bertz CT molecular complexity index is 591. The van der Waals surface area contributed by atoms with Crippen molar-refractivity contribution < 1.29 is 27.8 Å². The first-order valence-electron chi connectivity index (χ1n) is 6.45. The molecular formula is C16H12F2O4. The summed E-state index contributed by atoms with van der Waals surface area (Å²) < 4.78 is 35.2. The lowest BCUT2D eigenvalue weighted by molar-refractivity contribution is -0.140. The number of hydrogen-bond donors (Lipinski definition) is 0. The summed E-state index contributed by atoms with van der Waals surface area (Å²) in [6.07, 6.45) is -0.366. The smallest absolute Gasteiger partial charge is 0.311 e. The molecule has 0 aliphatic carbocycles. The van der Waals surface area contributed by atoms with E-state index in [-0.39, 0.29) is 24.3 Å². The normalized spacial score (nSPS) is 10.1. The molecule has 0 bridgehead atoms. The quantitative estimate of drug-likeness (QED) is 0.628. The van der Waals surface area contributed by atoms with E-state index in [4.69, 9.17) is 9.47 Å². The van der Waals surface area contributed by atoms with E-state index in [1.807, 2.05) is 0 Å². The number of esters is 2. The van der Waals surface area contributed by atoms with Crippen molar-refractivity contribution in [1.82, 2.24) is 0 Å². The molecule has 114 valence electrons. The molecule has 0 amide bonds. The lowest BCUT2D eigenvalue weighted by Crippen LogP contribution is -2.14. The second-order valence-corrected chi connectivity index (χ2v) is 4.36. The maximum absolute atomic E-state index is 12.7. The minimum atomic E-state index is -0.636. The molecule has 0 N–H and O–H groups in total. The van der Waals surface area contributed by atoms with Crippen LogP contribution in [0.2, 0.25) is 0 Å². The van der Waals surface area contributed by atoms with E-state index in [1.165, 1.54) is 24.3 Å². The average molecular weight is 306 g/mol. The Hall–Kier alpha value is -2.76. The van der Waals surface area contributed by atoms with E-state index in [1.54, 1.807) is 0 Å². The number of ether oxygens (including phenoxy) is 2. The zero-order valence-corrected chi connectivity index (χ0v) is 11.4. The molecule has 0 heterocycles. The van der Waals surface area contributed by atoms with Gasteiger partial charge < -0.3 is 9.47 Å². The van der Waals surface area contributed by atoms with Gasteiger partial charge in [0.2, 0.25) is 0 Å². The fraction of sp³-hybridized carbons (Fsp3) is 0.125. The van der Waals surface area contributed by atoms with Crippen molar-refractivity contribution in [2.75, 3.05) is 0 Å². The van der Waals surface area contributed by atoms with Crippen LogP contribution in [0.4, 0.5) is 8.78 Å². The molecule has 0 saturated carbocycles. The summed E-state index contributed by atoms with van der Waals surface area (Å²) in [5.74, 6) is -1.77. The third-order valence-electron chi connectivity index (χ3n) is 2.62. The summed E-state index contributed by atoms with van der Waals surface area (Å²) >= 11 is 0. The van der Waals surface area contributed by atoms with Gasteiger partial charge in [-0.1, -0.05) is 0 Å². The Morgan fingerprint density at radius 1 is 0.682 bits per heavy atom. The summed E-state index contributed by atoms with van der Waals surface area (Å²) in [7, 11) is 0. The highest BCUT2D eigenvalue weighted by molar-refractivity contribution is 5.80. The number of carbonyl (C=O) groups is 2. The van der Waals surface area contributed by atoms with Crippen molar-refractivity contribution in [3.05, 3.63) is 60.2 Å².